The Bertz CT molecular complexity index is 7.61. The summed E-state index contributed by atoms with van der Waals surface area (Å²) in [6, 6.07) is 0. The Balaban J connectivity index is 0. The molecule has 0 amide bonds. The van der Waals surface area contributed by atoms with Crippen molar-refractivity contribution in [2.75, 3.05) is 0 Å². The molecule has 0 aliphatic heterocycles. The van der Waals surface area contributed by atoms with Crippen molar-refractivity contribution in [1.82, 2.24) is 0 Å². The van der Waals surface area contributed by atoms with Crippen LogP contribution in [0.1, 0.15) is 14.9 Å². The first-order chi connectivity index (χ1) is 0. The normalized spacial score (nSPS) is 0. The van der Waals surface area contributed by atoms with E-state index in [-0.39, 0.29) is 48.1 Å². The van der Waals surface area contributed by atoms with Gasteiger partial charge in [0, 0.05) is 0 Å². The fourth-order valence-corrected chi connectivity index (χ4v) is 0. The average Bonchev–Trinajstić information content (AvgIpc) is 0. The second-order valence-electron chi connectivity index (χ2n) is 0. The third-order valence-corrected chi connectivity index (χ3v) is 0. The van der Waals surface area contributed by atoms with E-state index in [1.807, 2.05) is 0 Å². The SMILES string of the molecule is C.C.P.P.S. The summed E-state index contributed by atoms with van der Waals surface area (Å²) in [6.45, 7) is 0. The summed E-state index contributed by atoms with van der Waals surface area (Å²) in [5.41, 5.74) is 0. The van der Waals surface area contributed by atoms with Crippen LogP contribution in [0.2, 0.25) is 0 Å². The van der Waals surface area contributed by atoms with Gasteiger partial charge in [-0.2, -0.15) is 33.3 Å². The number of hydrogen-bond acceptors (Lipinski definition) is 0. The zero-order chi connectivity index (χ0) is 0. The Morgan fingerprint density at radius 2 is 0.600 bits per heavy atom. The number of rotatable bonds is 0. The molecule has 0 saturated carbocycles. The standard InChI is InChI=1S/2CH4.2H3P.H2S/h2*1H4;2*1H3;1H2. The minimum atomic E-state index is 0. The van der Waals surface area contributed by atoms with E-state index in [2.05, 4.69) is 0 Å². The lowest BCUT2D eigenvalue weighted by atomic mass is 12.0. The van der Waals surface area contributed by atoms with Crippen LogP contribution >= 0.6 is 33.3 Å². The molecule has 40 valence electrons. The van der Waals surface area contributed by atoms with Gasteiger partial charge in [0.25, 0.3) is 0 Å². The van der Waals surface area contributed by atoms with E-state index in [1.54, 1.807) is 0 Å². The van der Waals surface area contributed by atoms with Gasteiger partial charge in [-0.15, -0.1) is 0 Å². The first-order valence-corrected chi connectivity index (χ1v) is 0. The van der Waals surface area contributed by atoms with Crippen LogP contribution in [0.15, 0.2) is 0 Å². The topological polar surface area (TPSA) is 0 Å². The van der Waals surface area contributed by atoms with Gasteiger partial charge in [0.2, 0.25) is 0 Å². The third kappa shape index (κ3) is 36.7. The van der Waals surface area contributed by atoms with E-state index in [9.17, 15) is 0 Å². The molecule has 5 heavy (non-hydrogen) atoms. The molecular formula is C2H16P2S. The second-order valence-corrected chi connectivity index (χ2v) is 0. The molecule has 0 spiro atoms. The van der Waals surface area contributed by atoms with Gasteiger partial charge < -0.3 is 0 Å². The molecule has 0 aliphatic rings. The first-order valence-electron chi connectivity index (χ1n) is 0. The van der Waals surface area contributed by atoms with Crippen LogP contribution in [0.5, 0.6) is 0 Å². The predicted octanol–water partition coefficient (Wildman–Crippen LogP) is 1.50. The fraction of sp³-hybridized carbons (Fsp3) is 1.00. The minimum absolute atomic E-state index is 0. The minimum Gasteiger partial charge on any atom is -0.197 e. The highest BCUT2D eigenvalue weighted by molar-refractivity contribution is 7.59. The third-order valence-electron chi connectivity index (χ3n) is 0. The highest BCUT2D eigenvalue weighted by Gasteiger charge is -0.0765. The van der Waals surface area contributed by atoms with Gasteiger partial charge >= 0.3 is 0 Å². The summed E-state index contributed by atoms with van der Waals surface area (Å²) < 4.78 is 0. The molecule has 0 aliphatic carbocycles. The lowest BCUT2D eigenvalue weighted by Crippen LogP contribution is 0.143. The summed E-state index contributed by atoms with van der Waals surface area (Å²) in [7, 11) is 0. The van der Waals surface area contributed by atoms with Crippen LogP contribution in [-0.2, 0) is 0 Å². The lowest BCUT2D eigenvalue weighted by molar-refractivity contribution is 2.50. The molecule has 3 heteroatoms. The van der Waals surface area contributed by atoms with Crippen molar-refractivity contribution in [3.8, 4) is 0 Å². The molecule has 0 aromatic carbocycles. The van der Waals surface area contributed by atoms with Gasteiger partial charge in [-0.3, -0.25) is 0 Å². The molecule has 0 aromatic rings. The van der Waals surface area contributed by atoms with Gasteiger partial charge in [0.1, 0.15) is 0 Å². The molecule has 0 saturated heterocycles. The van der Waals surface area contributed by atoms with Gasteiger partial charge in [-0.05, 0) is 0 Å². The molecule has 0 rings (SSSR count). The van der Waals surface area contributed by atoms with Crippen molar-refractivity contribution in [3.05, 3.63) is 0 Å². The summed E-state index contributed by atoms with van der Waals surface area (Å²) in [5.74, 6) is 0. The smallest absolute Gasteiger partial charge is 0.0776 e. The number of hydrogen-bond donors (Lipinski definition) is 0. The van der Waals surface area contributed by atoms with E-state index in [0.29, 0.717) is 0 Å². The van der Waals surface area contributed by atoms with Crippen LogP contribution in [0.25, 0.3) is 0 Å². The molecule has 0 heterocycles. The Morgan fingerprint density at radius 3 is 0.600 bits per heavy atom. The average molecular weight is 134 g/mol. The maximum Gasteiger partial charge on any atom is -0.0776 e. The van der Waals surface area contributed by atoms with E-state index < -0.39 is 0 Å². The Morgan fingerprint density at radius 1 is 0.600 bits per heavy atom. The van der Waals surface area contributed by atoms with Crippen molar-refractivity contribution in [2.45, 2.75) is 14.9 Å². The molecule has 2 unspecified atom stereocenters. The Kier molecular flexibility index (Phi) is 1450. The Hall–Kier alpha value is 1.21. The monoisotopic (exact) mass is 134 g/mol. The van der Waals surface area contributed by atoms with Crippen LogP contribution in [-0.4, -0.2) is 0 Å². The maximum absolute atomic E-state index is 0. The van der Waals surface area contributed by atoms with E-state index in [0.717, 1.165) is 0 Å². The highest BCUT2D eigenvalue weighted by Crippen LogP contribution is 0.862. The van der Waals surface area contributed by atoms with E-state index >= 15 is 0 Å². The molecule has 0 bridgehead atoms. The van der Waals surface area contributed by atoms with Gasteiger partial charge in [0.05, 0.1) is 0 Å². The summed E-state index contributed by atoms with van der Waals surface area (Å²) in [4.78, 5) is 0. The molecule has 0 aromatic heterocycles. The van der Waals surface area contributed by atoms with Crippen molar-refractivity contribution < 1.29 is 0 Å². The summed E-state index contributed by atoms with van der Waals surface area (Å²) in [6.07, 6.45) is 0. The van der Waals surface area contributed by atoms with E-state index in [4.69, 9.17) is 0 Å². The maximum atomic E-state index is 0. The molecule has 0 radical (unpaired) electrons. The summed E-state index contributed by atoms with van der Waals surface area (Å²) in [5, 5.41) is 0. The predicted molar refractivity (Wildman–Crippen MR) is 46.1 cm³/mol. The molecular weight excluding hydrogens is 118 g/mol. The van der Waals surface area contributed by atoms with Crippen molar-refractivity contribution in [3.63, 3.8) is 0 Å². The summed E-state index contributed by atoms with van der Waals surface area (Å²) >= 11 is 0. The van der Waals surface area contributed by atoms with Gasteiger partial charge in [-0.25, -0.2) is 0 Å². The molecule has 2 atom stereocenters. The Labute approximate surface area is 48.8 Å². The zero-order valence-electron chi connectivity index (χ0n) is 1.91. The molecule has 0 N–H and O–H groups in total. The second kappa shape index (κ2) is 63.1. The van der Waals surface area contributed by atoms with Crippen LogP contribution in [0, 0.1) is 0 Å². The first kappa shape index (κ1) is 115. The van der Waals surface area contributed by atoms with Crippen LogP contribution in [0.3, 0.4) is 0 Å². The van der Waals surface area contributed by atoms with Crippen LogP contribution in [0.4, 0.5) is 0 Å². The van der Waals surface area contributed by atoms with Gasteiger partial charge in [-0.1, -0.05) is 14.9 Å². The lowest BCUT2D eigenvalue weighted by Gasteiger charge is -0.197. The van der Waals surface area contributed by atoms with Crippen molar-refractivity contribution in [2.24, 2.45) is 0 Å². The van der Waals surface area contributed by atoms with E-state index in [1.165, 1.54) is 0 Å². The fourth-order valence-electron chi connectivity index (χ4n) is 0. The highest BCUT2D eigenvalue weighted by atomic mass is 32.1. The largest absolute Gasteiger partial charge is 0.197 e. The molecule has 0 fully saturated rings. The molecule has 0 nitrogen and oxygen atoms in total. The van der Waals surface area contributed by atoms with Crippen molar-refractivity contribution >= 4 is 33.3 Å². The van der Waals surface area contributed by atoms with Gasteiger partial charge in [0.15, 0.2) is 0 Å². The zero-order valence-corrected chi connectivity index (χ0v) is 5.74. The quantitative estimate of drug-likeness (QED) is 0.440. The van der Waals surface area contributed by atoms with Crippen molar-refractivity contribution in [1.29, 1.82) is 0 Å². The van der Waals surface area contributed by atoms with Crippen LogP contribution < -0.4 is 0 Å².